The number of aromatic nitrogens is 2. The normalized spacial score (nSPS) is 10.5. The molecule has 100 valence electrons. The largest absolute Gasteiger partial charge is 0.351 e. The zero-order valence-corrected chi connectivity index (χ0v) is 11.2. The smallest absolute Gasteiger partial charge is 0.234 e. The summed E-state index contributed by atoms with van der Waals surface area (Å²) >= 11 is 0. The van der Waals surface area contributed by atoms with Crippen molar-refractivity contribution in [2.45, 2.75) is 20.4 Å². The maximum Gasteiger partial charge on any atom is 0.234 e. The molecule has 5 nitrogen and oxygen atoms in total. The number of aryl methyl sites for hydroxylation is 2. The maximum absolute atomic E-state index is 11.2. The van der Waals surface area contributed by atoms with E-state index in [9.17, 15) is 4.79 Å². The number of hydrogen-bond donors (Lipinski definition) is 2. The molecule has 2 rings (SSSR count). The third-order valence-electron chi connectivity index (χ3n) is 2.89. The first-order valence-corrected chi connectivity index (χ1v) is 6.20. The Morgan fingerprint density at radius 1 is 1.37 bits per heavy atom. The molecule has 1 amide bonds. The van der Waals surface area contributed by atoms with Gasteiger partial charge in [0.1, 0.15) is 0 Å². The minimum atomic E-state index is -0.164. The second-order valence-corrected chi connectivity index (χ2v) is 4.45. The van der Waals surface area contributed by atoms with Gasteiger partial charge in [-0.15, -0.1) is 0 Å². The molecule has 0 fully saturated rings. The highest BCUT2D eigenvalue weighted by atomic mass is 16.1. The summed E-state index contributed by atoms with van der Waals surface area (Å²) in [6.07, 6.45) is 0. The summed E-state index contributed by atoms with van der Waals surface area (Å²) in [6, 6.07) is 9.89. The van der Waals surface area contributed by atoms with E-state index in [0.717, 1.165) is 22.6 Å². The molecule has 2 aromatic rings. The lowest BCUT2D eigenvalue weighted by Gasteiger charge is -2.11. The van der Waals surface area contributed by atoms with Crippen LogP contribution in [0.15, 0.2) is 30.3 Å². The third-order valence-corrected chi connectivity index (χ3v) is 2.89. The number of carbonyl (C=O) groups is 1. The number of amides is 1. The van der Waals surface area contributed by atoms with Crippen molar-refractivity contribution in [2.75, 3.05) is 6.54 Å². The van der Waals surface area contributed by atoms with Crippen LogP contribution in [0.5, 0.6) is 0 Å². The molecule has 0 aliphatic rings. The molecular formula is C14H18N4O. The van der Waals surface area contributed by atoms with Gasteiger partial charge in [-0.25, -0.2) is 4.68 Å². The van der Waals surface area contributed by atoms with Crippen LogP contribution in [-0.4, -0.2) is 22.2 Å². The molecule has 0 aliphatic carbocycles. The van der Waals surface area contributed by atoms with Gasteiger partial charge in [0.25, 0.3) is 0 Å². The Kier molecular flexibility index (Phi) is 3.97. The summed E-state index contributed by atoms with van der Waals surface area (Å²) < 4.78 is 1.89. The van der Waals surface area contributed by atoms with Gasteiger partial charge < -0.3 is 11.1 Å². The van der Waals surface area contributed by atoms with Crippen molar-refractivity contribution in [1.29, 1.82) is 0 Å². The number of carbonyl (C=O) groups excluding carboxylic acids is 1. The first-order chi connectivity index (χ1) is 9.11. The predicted octanol–water partition coefficient (Wildman–Crippen LogP) is 1.06. The minimum Gasteiger partial charge on any atom is -0.351 e. The molecule has 0 saturated carbocycles. The van der Waals surface area contributed by atoms with Crippen LogP contribution in [0.3, 0.4) is 0 Å². The van der Waals surface area contributed by atoms with E-state index in [1.54, 1.807) is 0 Å². The average Bonchev–Trinajstić information content (AvgIpc) is 2.75. The number of rotatable bonds is 4. The fourth-order valence-electron chi connectivity index (χ4n) is 2.01. The minimum absolute atomic E-state index is 0.00206. The number of hydrogen-bond acceptors (Lipinski definition) is 3. The quantitative estimate of drug-likeness (QED) is 0.861. The van der Waals surface area contributed by atoms with Crippen LogP contribution >= 0.6 is 0 Å². The average molecular weight is 258 g/mol. The van der Waals surface area contributed by atoms with E-state index in [1.165, 1.54) is 0 Å². The summed E-state index contributed by atoms with van der Waals surface area (Å²) in [6.45, 7) is 4.42. The standard InChI is InChI=1S/C14H18N4O/c1-10-7-11(2)18(17-10)13-6-4-3-5-12(13)9-16-14(19)8-15/h3-7H,8-9,15H2,1-2H3,(H,16,19). The Morgan fingerprint density at radius 3 is 2.74 bits per heavy atom. The van der Waals surface area contributed by atoms with Crippen LogP contribution in [0.4, 0.5) is 0 Å². The summed E-state index contributed by atoms with van der Waals surface area (Å²) in [7, 11) is 0. The fraction of sp³-hybridized carbons (Fsp3) is 0.286. The van der Waals surface area contributed by atoms with Crippen LogP contribution < -0.4 is 11.1 Å². The number of benzene rings is 1. The van der Waals surface area contributed by atoms with Crippen LogP contribution in [-0.2, 0) is 11.3 Å². The summed E-state index contributed by atoms with van der Waals surface area (Å²) in [5.74, 6) is -0.164. The van der Waals surface area contributed by atoms with Crippen molar-refractivity contribution in [2.24, 2.45) is 5.73 Å². The lowest BCUT2D eigenvalue weighted by Crippen LogP contribution is -2.30. The first kappa shape index (κ1) is 13.3. The van der Waals surface area contributed by atoms with Gasteiger partial charge in [0.05, 0.1) is 17.9 Å². The Bertz CT molecular complexity index is 589. The second-order valence-electron chi connectivity index (χ2n) is 4.45. The lowest BCUT2D eigenvalue weighted by atomic mass is 10.1. The number of nitrogens with zero attached hydrogens (tertiary/aromatic N) is 2. The van der Waals surface area contributed by atoms with Gasteiger partial charge in [-0.2, -0.15) is 5.10 Å². The molecule has 19 heavy (non-hydrogen) atoms. The number of para-hydroxylation sites is 1. The SMILES string of the molecule is Cc1cc(C)n(-c2ccccc2CNC(=O)CN)n1. The van der Waals surface area contributed by atoms with Crippen LogP contribution in [0.2, 0.25) is 0 Å². The van der Waals surface area contributed by atoms with Crippen molar-refractivity contribution in [1.82, 2.24) is 15.1 Å². The summed E-state index contributed by atoms with van der Waals surface area (Å²) in [5, 5.41) is 7.25. The van der Waals surface area contributed by atoms with E-state index in [2.05, 4.69) is 10.4 Å². The number of nitrogens with one attached hydrogen (secondary N) is 1. The van der Waals surface area contributed by atoms with E-state index in [-0.39, 0.29) is 12.5 Å². The molecule has 1 aromatic heterocycles. The molecule has 5 heteroatoms. The lowest BCUT2D eigenvalue weighted by molar-refractivity contribution is -0.119. The molecule has 0 spiro atoms. The molecule has 0 atom stereocenters. The van der Waals surface area contributed by atoms with Gasteiger partial charge in [0.2, 0.25) is 5.91 Å². The molecule has 0 aliphatic heterocycles. The molecule has 3 N–H and O–H groups in total. The third kappa shape index (κ3) is 3.00. The zero-order chi connectivity index (χ0) is 13.8. The predicted molar refractivity (Wildman–Crippen MR) is 73.9 cm³/mol. The van der Waals surface area contributed by atoms with Crippen LogP contribution in [0.25, 0.3) is 5.69 Å². The topological polar surface area (TPSA) is 72.9 Å². The Balaban J connectivity index is 2.31. The van der Waals surface area contributed by atoms with Crippen molar-refractivity contribution < 1.29 is 4.79 Å². The van der Waals surface area contributed by atoms with Crippen molar-refractivity contribution in [3.63, 3.8) is 0 Å². The van der Waals surface area contributed by atoms with E-state index < -0.39 is 0 Å². The summed E-state index contributed by atoms with van der Waals surface area (Å²) in [4.78, 5) is 11.2. The first-order valence-electron chi connectivity index (χ1n) is 6.20. The molecule has 0 radical (unpaired) electrons. The van der Waals surface area contributed by atoms with Crippen LogP contribution in [0, 0.1) is 13.8 Å². The monoisotopic (exact) mass is 258 g/mol. The van der Waals surface area contributed by atoms with Gasteiger partial charge in [-0.3, -0.25) is 4.79 Å². The van der Waals surface area contributed by atoms with E-state index in [4.69, 9.17) is 5.73 Å². The second kappa shape index (κ2) is 5.67. The van der Waals surface area contributed by atoms with Crippen molar-refractivity contribution in [3.8, 4) is 5.69 Å². The van der Waals surface area contributed by atoms with Gasteiger partial charge in [0.15, 0.2) is 0 Å². The highest BCUT2D eigenvalue weighted by Gasteiger charge is 2.09. The van der Waals surface area contributed by atoms with Gasteiger partial charge in [0, 0.05) is 12.2 Å². The van der Waals surface area contributed by atoms with E-state index in [0.29, 0.717) is 6.54 Å². The fourth-order valence-corrected chi connectivity index (χ4v) is 2.01. The molecule has 0 saturated heterocycles. The van der Waals surface area contributed by atoms with Gasteiger partial charge in [-0.1, -0.05) is 18.2 Å². The summed E-state index contributed by atoms with van der Waals surface area (Å²) in [5.41, 5.74) is 9.31. The van der Waals surface area contributed by atoms with E-state index >= 15 is 0 Å². The molecule has 1 heterocycles. The number of nitrogens with two attached hydrogens (primary N) is 1. The highest BCUT2D eigenvalue weighted by Crippen LogP contribution is 2.16. The molecule has 0 bridgehead atoms. The van der Waals surface area contributed by atoms with Gasteiger partial charge in [-0.05, 0) is 31.5 Å². The zero-order valence-electron chi connectivity index (χ0n) is 11.2. The Morgan fingerprint density at radius 2 is 2.11 bits per heavy atom. The van der Waals surface area contributed by atoms with E-state index in [1.807, 2.05) is 48.9 Å². The molecular weight excluding hydrogens is 240 g/mol. The Hall–Kier alpha value is -2.14. The van der Waals surface area contributed by atoms with Crippen molar-refractivity contribution >= 4 is 5.91 Å². The van der Waals surface area contributed by atoms with Crippen molar-refractivity contribution in [3.05, 3.63) is 47.3 Å². The van der Waals surface area contributed by atoms with Gasteiger partial charge >= 0.3 is 0 Å². The molecule has 1 aromatic carbocycles. The molecule has 0 unspecified atom stereocenters. The highest BCUT2D eigenvalue weighted by molar-refractivity contribution is 5.77. The Labute approximate surface area is 112 Å². The maximum atomic E-state index is 11.2. The van der Waals surface area contributed by atoms with Crippen LogP contribution in [0.1, 0.15) is 17.0 Å².